The number of esters is 3. The summed E-state index contributed by atoms with van der Waals surface area (Å²) in [5, 5.41) is 0. The molecular formula is C30H26O7. The molecule has 188 valence electrons. The third-order valence-electron chi connectivity index (χ3n) is 4.88. The van der Waals surface area contributed by atoms with E-state index in [4.69, 9.17) is 18.9 Å². The topological polar surface area (TPSA) is 88.1 Å². The Morgan fingerprint density at radius 1 is 0.676 bits per heavy atom. The Morgan fingerprint density at radius 2 is 1.16 bits per heavy atom. The van der Waals surface area contributed by atoms with Gasteiger partial charge in [0.05, 0.1) is 0 Å². The summed E-state index contributed by atoms with van der Waals surface area (Å²) in [6, 6.07) is 21.1. The third kappa shape index (κ3) is 8.36. The molecule has 0 heterocycles. The number of hydrogen-bond acceptors (Lipinski definition) is 7. The van der Waals surface area contributed by atoms with Crippen LogP contribution >= 0.6 is 0 Å². The van der Waals surface area contributed by atoms with Gasteiger partial charge in [-0.2, -0.15) is 0 Å². The monoisotopic (exact) mass is 498 g/mol. The Morgan fingerprint density at radius 3 is 1.70 bits per heavy atom. The summed E-state index contributed by atoms with van der Waals surface area (Å²) < 4.78 is 20.7. The van der Waals surface area contributed by atoms with Crippen molar-refractivity contribution in [2.75, 3.05) is 6.79 Å². The maximum atomic E-state index is 12.2. The molecule has 0 amide bonds. The average Bonchev–Trinajstić information content (AvgIpc) is 2.89. The van der Waals surface area contributed by atoms with Crippen molar-refractivity contribution >= 4 is 24.0 Å². The van der Waals surface area contributed by atoms with Gasteiger partial charge in [0.2, 0.25) is 6.79 Å². The molecule has 0 radical (unpaired) electrons. The second kappa shape index (κ2) is 12.7. The smallest absolute Gasteiger partial charge is 0.338 e. The van der Waals surface area contributed by atoms with Crippen LogP contribution in [-0.4, -0.2) is 24.7 Å². The first-order valence-corrected chi connectivity index (χ1v) is 11.2. The van der Waals surface area contributed by atoms with E-state index < -0.39 is 17.9 Å². The molecule has 0 aliphatic carbocycles. The van der Waals surface area contributed by atoms with Crippen LogP contribution in [0.2, 0.25) is 0 Å². The first-order chi connectivity index (χ1) is 17.7. The predicted octanol–water partition coefficient (Wildman–Crippen LogP) is 5.91. The molecule has 0 unspecified atom stereocenters. The van der Waals surface area contributed by atoms with Crippen LogP contribution in [0.25, 0.3) is 17.2 Å². The lowest BCUT2D eigenvalue weighted by atomic mass is 10.0. The third-order valence-corrected chi connectivity index (χ3v) is 4.88. The lowest BCUT2D eigenvalue weighted by Crippen LogP contribution is -2.10. The van der Waals surface area contributed by atoms with Crippen LogP contribution in [0.5, 0.6) is 17.2 Å². The molecule has 0 atom stereocenters. The van der Waals surface area contributed by atoms with Gasteiger partial charge in [0.1, 0.15) is 17.2 Å². The molecule has 3 aromatic carbocycles. The van der Waals surface area contributed by atoms with Crippen molar-refractivity contribution < 1.29 is 33.3 Å². The van der Waals surface area contributed by atoms with Crippen molar-refractivity contribution in [1.29, 1.82) is 0 Å². The Labute approximate surface area is 215 Å². The van der Waals surface area contributed by atoms with Gasteiger partial charge in [-0.25, -0.2) is 14.4 Å². The van der Waals surface area contributed by atoms with E-state index in [0.29, 0.717) is 22.8 Å². The zero-order chi connectivity index (χ0) is 26.8. The molecule has 0 aromatic heterocycles. The second-order valence-electron chi connectivity index (χ2n) is 8.02. The normalized spacial score (nSPS) is 10.4. The summed E-state index contributed by atoms with van der Waals surface area (Å²) in [7, 11) is 0. The molecule has 37 heavy (non-hydrogen) atoms. The molecule has 0 saturated heterocycles. The minimum absolute atomic E-state index is 0.190. The fraction of sp³-hybridized carbons (Fsp3) is 0.100. The van der Waals surface area contributed by atoms with Gasteiger partial charge in [0.25, 0.3) is 0 Å². The molecule has 7 heteroatoms. The summed E-state index contributed by atoms with van der Waals surface area (Å²) in [5.74, 6) is -0.352. The molecule has 0 spiro atoms. The zero-order valence-electron chi connectivity index (χ0n) is 20.6. The predicted molar refractivity (Wildman–Crippen MR) is 140 cm³/mol. The summed E-state index contributed by atoms with van der Waals surface area (Å²) in [6.45, 7) is 9.97. The molecule has 0 aliphatic rings. The van der Waals surface area contributed by atoms with Gasteiger partial charge in [-0.15, -0.1) is 0 Å². The number of carbonyl (C=O) groups is 3. The van der Waals surface area contributed by atoms with Crippen LogP contribution in [0.1, 0.15) is 19.4 Å². The van der Waals surface area contributed by atoms with Crippen molar-refractivity contribution in [3.8, 4) is 28.4 Å². The summed E-state index contributed by atoms with van der Waals surface area (Å²) >= 11 is 0. The van der Waals surface area contributed by atoms with Crippen molar-refractivity contribution in [1.82, 2.24) is 0 Å². The van der Waals surface area contributed by atoms with Gasteiger partial charge in [0, 0.05) is 17.2 Å². The molecule has 3 rings (SSSR count). The zero-order valence-corrected chi connectivity index (χ0v) is 20.6. The lowest BCUT2D eigenvalue weighted by Gasteiger charge is -2.08. The van der Waals surface area contributed by atoms with Crippen molar-refractivity contribution in [3.05, 3.63) is 109 Å². The average molecular weight is 499 g/mol. The summed E-state index contributed by atoms with van der Waals surface area (Å²) in [6.07, 6.45) is 2.98. The summed E-state index contributed by atoms with van der Waals surface area (Å²) in [5.41, 5.74) is 3.37. The van der Waals surface area contributed by atoms with E-state index >= 15 is 0 Å². The van der Waals surface area contributed by atoms with Crippen molar-refractivity contribution in [3.63, 3.8) is 0 Å². The van der Waals surface area contributed by atoms with E-state index in [1.807, 2.05) is 36.4 Å². The number of ether oxygens (including phenoxy) is 4. The van der Waals surface area contributed by atoms with E-state index in [1.165, 1.54) is 30.3 Å². The van der Waals surface area contributed by atoms with Gasteiger partial charge in [-0.1, -0.05) is 49.6 Å². The highest BCUT2D eigenvalue weighted by molar-refractivity contribution is 5.89. The molecule has 0 N–H and O–H groups in total. The number of benzene rings is 3. The molecule has 0 aliphatic heterocycles. The first kappa shape index (κ1) is 26.7. The highest BCUT2D eigenvalue weighted by atomic mass is 16.7. The minimum atomic E-state index is -0.541. The SMILES string of the molecule is C=C(C)C(=O)OCOc1ccc(-c2ccc(/C=C/C(=O)Oc3ccc(OC(=O)C(=C)C)cc3)cc2)cc1. The van der Waals surface area contributed by atoms with E-state index in [9.17, 15) is 14.4 Å². The Bertz CT molecular complexity index is 1320. The van der Waals surface area contributed by atoms with E-state index in [1.54, 1.807) is 32.1 Å². The highest BCUT2D eigenvalue weighted by Gasteiger charge is 2.07. The van der Waals surface area contributed by atoms with Crippen molar-refractivity contribution in [2.45, 2.75) is 13.8 Å². The van der Waals surface area contributed by atoms with Gasteiger partial charge in [0.15, 0.2) is 0 Å². The Hall–Kier alpha value is -4.91. The van der Waals surface area contributed by atoms with Crippen LogP contribution in [0.4, 0.5) is 0 Å². The summed E-state index contributed by atoms with van der Waals surface area (Å²) in [4.78, 5) is 35.1. The van der Waals surface area contributed by atoms with Crippen LogP contribution in [0, 0.1) is 0 Å². The highest BCUT2D eigenvalue weighted by Crippen LogP contribution is 2.23. The second-order valence-corrected chi connectivity index (χ2v) is 8.02. The Balaban J connectivity index is 1.51. The quantitative estimate of drug-likeness (QED) is 0.149. The van der Waals surface area contributed by atoms with E-state index in [2.05, 4.69) is 13.2 Å². The Kier molecular flexibility index (Phi) is 9.16. The van der Waals surface area contributed by atoms with Gasteiger partial charge in [-0.3, -0.25) is 0 Å². The van der Waals surface area contributed by atoms with Gasteiger partial charge < -0.3 is 18.9 Å². The van der Waals surface area contributed by atoms with Crippen molar-refractivity contribution in [2.24, 2.45) is 0 Å². The van der Waals surface area contributed by atoms with E-state index in [0.717, 1.165) is 16.7 Å². The maximum Gasteiger partial charge on any atom is 0.338 e. The molecule has 3 aromatic rings. The molecule has 7 nitrogen and oxygen atoms in total. The van der Waals surface area contributed by atoms with Crippen LogP contribution in [0.3, 0.4) is 0 Å². The van der Waals surface area contributed by atoms with Gasteiger partial charge >= 0.3 is 17.9 Å². The maximum absolute atomic E-state index is 12.2. The molecule has 0 bridgehead atoms. The number of rotatable bonds is 10. The lowest BCUT2D eigenvalue weighted by molar-refractivity contribution is -0.145. The number of hydrogen-bond donors (Lipinski definition) is 0. The minimum Gasteiger partial charge on any atom is -0.457 e. The first-order valence-electron chi connectivity index (χ1n) is 11.2. The largest absolute Gasteiger partial charge is 0.457 e. The molecule has 0 fully saturated rings. The fourth-order valence-electron chi connectivity index (χ4n) is 2.89. The standard InChI is InChI=1S/C30H26O7/c1-20(2)29(32)35-19-34-25-12-10-24(11-13-25)23-8-5-22(6-9-23)7-18-28(31)36-26-14-16-27(17-15-26)37-30(33)21(3)4/h5-18H,1,3,19H2,2,4H3/b18-7+. The van der Waals surface area contributed by atoms with Gasteiger partial charge in [-0.05, 0) is 73.0 Å². The molecular weight excluding hydrogens is 472 g/mol. The van der Waals surface area contributed by atoms with E-state index in [-0.39, 0.29) is 12.4 Å². The van der Waals surface area contributed by atoms with Crippen LogP contribution < -0.4 is 14.2 Å². The fourth-order valence-corrected chi connectivity index (χ4v) is 2.89. The van der Waals surface area contributed by atoms with Crippen LogP contribution in [-0.2, 0) is 19.1 Å². The van der Waals surface area contributed by atoms with Crippen LogP contribution in [0.15, 0.2) is 103 Å². The molecule has 0 saturated carbocycles. The number of carbonyl (C=O) groups excluding carboxylic acids is 3.